The van der Waals surface area contributed by atoms with Crippen LogP contribution in [0.4, 0.5) is 0 Å². The van der Waals surface area contributed by atoms with Gasteiger partial charge in [0.25, 0.3) is 0 Å². The SMILES string of the molecule is Cc1noc(C)c1C(C)C(=O)NC(CO)c1ccc(Cl)cc1. The molecule has 6 heteroatoms. The molecule has 2 aromatic rings. The molecule has 0 radical (unpaired) electrons. The van der Waals surface area contributed by atoms with Crippen molar-refractivity contribution in [2.45, 2.75) is 32.7 Å². The van der Waals surface area contributed by atoms with Crippen LogP contribution in [0.2, 0.25) is 5.02 Å². The van der Waals surface area contributed by atoms with E-state index < -0.39 is 12.0 Å². The van der Waals surface area contributed by atoms with E-state index in [4.69, 9.17) is 16.1 Å². The standard InChI is InChI=1S/C16H19ClN2O3/c1-9(15-10(2)19-22-11(15)3)16(21)18-14(8-20)12-4-6-13(17)7-5-12/h4-7,9,14,20H,8H2,1-3H3,(H,18,21). The van der Waals surface area contributed by atoms with Crippen molar-refractivity contribution in [2.75, 3.05) is 6.61 Å². The average Bonchev–Trinajstić information content (AvgIpc) is 2.84. The fourth-order valence-electron chi connectivity index (χ4n) is 2.47. The van der Waals surface area contributed by atoms with E-state index in [1.165, 1.54) is 0 Å². The van der Waals surface area contributed by atoms with E-state index in [-0.39, 0.29) is 12.5 Å². The summed E-state index contributed by atoms with van der Waals surface area (Å²) in [7, 11) is 0. The number of aryl methyl sites for hydroxylation is 2. The summed E-state index contributed by atoms with van der Waals surface area (Å²) in [6.45, 7) is 5.18. The zero-order chi connectivity index (χ0) is 16.3. The molecule has 0 fully saturated rings. The van der Waals surface area contributed by atoms with Crippen molar-refractivity contribution >= 4 is 17.5 Å². The number of hydrogen-bond acceptors (Lipinski definition) is 4. The zero-order valence-corrected chi connectivity index (χ0v) is 13.5. The first-order valence-electron chi connectivity index (χ1n) is 7.03. The van der Waals surface area contributed by atoms with E-state index in [1.54, 1.807) is 45.0 Å². The molecule has 1 heterocycles. The highest BCUT2D eigenvalue weighted by atomic mass is 35.5. The Kier molecular flexibility index (Phi) is 5.21. The summed E-state index contributed by atoms with van der Waals surface area (Å²) in [5.41, 5.74) is 2.28. The number of rotatable bonds is 5. The van der Waals surface area contributed by atoms with Gasteiger partial charge in [-0.15, -0.1) is 0 Å². The van der Waals surface area contributed by atoms with Gasteiger partial charge >= 0.3 is 0 Å². The summed E-state index contributed by atoms with van der Waals surface area (Å²) in [5.74, 6) is 0.0307. The van der Waals surface area contributed by atoms with Gasteiger partial charge in [0.05, 0.1) is 24.3 Å². The van der Waals surface area contributed by atoms with E-state index in [0.717, 1.165) is 11.1 Å². The van der Waals surface area contributed by atoms with E-state index in [1.807, 2.05) is 0 Å². The highest BCUT2D eigenvalue weighted by Crippen LogP contribution is 2.24. The normalized spacial score (nSPS) is 13.7. The van der Waals surface area contributed by atoms with Crippen LogP contribution in [0.5, 0.6) is 0 Å². The monoisotopic (exact) mass is 322 g/mol. The van der Waals surface area contributed by atoms with Gasteiger partial charge in [-0.3, -0.25) is 4.79 Å². The van der Waals surface area contributed by atoms with Crippen LogP contribution in [0.15, 0.2) is 28.8 Å². The Morgan fingerprint density at radius 1 is 1.36 bits per heavy atom. The molecule has 2 unspecified atom stereocenters. The molecule has 0 bridgehead atoms. The van der Waals surface area contributed by atoms with Crippen molar-refractivity contribution in [3.05, 3.63) is 51.9 Å². The Labute approximate surface area is 134 Å². The van der Waals surface area contributed by atoms with Gasteiger partial charge in [0.2, 0.25) is 5.91 Å². The minimum Gasteiger partial charge on any atom is -0.394 e. The first-order valence-corrected chi connectivity index (χ1v) is 7.41. The van der Waals surface area contributed by atoms with Crippen molar-refractivity contribution in [3.63, 3.8) is 0 Å². The van der Waals surface area contributed by atoms with Crippen LogP contribution in [0, 0.1) is 13.8 Å². The molecule has 0 aliphatic carbocycles. The van der Waals surface area contributed by atoms with Crippen LogP contribution in [0.1, 0.15) is 41.5 Å². The van der Waals surface area contributed by atoms with Crippen LogP contribution >= 0.6 is 11.6 Å². The molecule has 0 spiro atoms. The molecule has 0 aliphatic heterocycles. The number of nitrogens with one attached hydrogen (secondary N) is 1. The lowest BCUT2D eigenvalue weighted by Crippen LogP contribution is -2.34. The summed E-state index contributed by atoms with van der Waals surface area (Å²) in [6, 6.07) is 6.54. The van der Waals surface area contributed by atoms with Gasteiger partial charge in [-0.25, -0.2) is 0 Å². The number of aliphatic hydroxyl groups is 1. The van der Waals surface area contributed by atoms with Crippen molar-refractivity contribution < 1.29 is 14.4 Å². The predicted octanol–water partition coefficient (Wildman–Crippen LogP) is 2.90. The molecule has 2 atom stereocenters. The lowest BCUT2D eigenvalue weighted by atomic mass is 9.97. The first-order chi connectivity index (χ1) is 10.4. The van der Waals surface area contributed by atoms with E-state index in [0.29, 0.717) is 16.5 Å². The second kappa shape index (κ2) is 6.94. The van der Waals surface area contributed by atoms with Crippen LogP contribution in [-0.4, -0.2) is 22.8 Å². The number of amides is 1. The topological polar surface area (TPSA) is 75.4 Å². The summed E-state index contributed by atoms with van der Waals surface area (Å²) in [5, 5.41) is 16.9. The second-order valence-electron chi connectivity index (χ2n) is 5.25. The second-order valence-corrected chi connectivity index (χ2v) is 5.69. The zero-order valence-electron chi connectivity index (χ0n) is 12.8. The van der Waals surface area contributed by atoms with Crippen LogP contribution in [0.25, 0.3) is 0 Å². The average molecular weight is 323 g/mol. The van der Waals surface area contributed by atoms with Crippen molar-refractivity contribution in [3.8, 4) is 0 Å². The molecular formula is C16H19ClN2O3. The molecule has 2 rings (SSSR count). The number of benzene rings is 1. The lowest BCUT2D eigenvalue weighted by Gasteiger charge is -2.20. The van der Waals surface area contributed by atoms with Crippen LogP contribution < -0.4 is 5.32 Å². The molecule has 0 saturated carbocycles. The molecule has 0 aliphatic rings. The maximum absolute atomic E-state index is 12.4. The Balaban J connectivity index is 2.14. The molecule has 118 valence electrons. The minimum atomic E-state index is -0.479. The molecule has 22 heavy (non-hydrogen) atoms. The highest BCUT2D eigenvalue weighted by Gasteiger charge is 2.25. The maximum atomic E-state index is 12.4. The number of aromatic nitrogens is 1. The van der Waals surface area contributed by atoms with Gasteiger partial charge < -0.3 is 14.9 Å². The summed E-state index contributed by atoms with van der Waals surface area (Å²) >= 11 is 5.85. The number of aliphatic hydroxyl groups excluding tert-OH is 1. The van der Waals surface area contributed by atoms with E-state index in [2.05, 4.69) is 10.5 Å². The summed E-state index contributed by atoms with van der Waals surface area (Å²) < 4.78 is 5.10. The fourth-order valence-corrected chi connectivity index (χ4v) is 2.59. The van der Waals surface area contributed by atoms with Crippen molar-refractivity contribution in [1.29, 1.82) is 0 Å². The van der Waals surface area contributed by atoms with Gasteiger partial charge in [0.1, 0.15) is 5.76 Å². The number of hydrogen-bond donors (Lipinski definition) is 2. The Bertz CT molecular complexity index is 632. The van der Waals surface area contributed by atoms with Gasteiger partial charge in [0, 0.05) is 10.6 Å². The van der Waals surface area contributed by atoms with Gasteiger partial charge in [-0.05, 0) is 38.5 Å². The number of halogens is 1. The van der Waals surface area contributed by atoms with Gasteiger partial charge in [-0.2, -0.15) is 0 Å². The number of nitrogens with zero attached hydrogens (tertiary/aromatic N) is 1. The summed E-state index contributed by atoms with van der Waals surface area (Å²) in [6.07, 6.45) is 0. The molecular weight excluding hydrogens is 304 g/mol. The Hall–Kier alpha value is -1.85. The largest absolute Gasteiger partial charge is 0.394 e. The van der Waals surface area contributed by atoms with Crippen molar-refractivity contribution in [1.82, 2.24) is 10.5 Å². The maximum Gasteiger partial charge on any atom is 0.228 e. The molecule has 1 amide bonds. The smallest absolute Gasteiger partial charge is 0.228 e. The third-order valence-corrected chi connectivity index (χ3v) is 3.94. The van der Waals surface area contributed by atoms with E-state index in [9.17, 15) is 9.90 Å². The molecule has 1 aromatic carbocycles. The third-order valence-electron chi connectivity index (χ3n) is 3.69. The fraction of sp³-hybridized carbons (Fsp3) is 0.375. The first kappa shape index (κ1) is 16.5. The number of carbonyl (C=O) groups is 1. The molecule has 2 N–H and O–H groups in total. The highest BCUT2D eigenvalue weighted by molar-refractivity contribution is 6.30. The number of carbonyl (C=O) groups excluding carboxylic acids is 1. The molecule has 5 nitrogen and oxygen atoms in total. The minimum absolute atomic E-state index is 0.191. The quantitative estimate of drug-likeness (QED) is 0.887. The van der Waals surface area contributed by atoms with Crippen LogP contribution in [-0.2, 0) is 4.79 Å². The van der Waals surface area contributed by atoms with Crippen LogP contribution in [0.3, 0.4) is 0 Å². The predicted molar refractivity (Wildman–Crippen MR) is 83.8 cm³/mol. The molecule has 0 saturated heterocycles. The van der Waals surface area contributed by atoms with E-state index >= 15 is 0 Å². The van der Waals surface area contributed by atoms with Crippen molar-refractivity contribution in [2.24, 2.45) is 0 Å². The Morgan fingerprint density at radius 2 is 2.00 bits per heavy atom. The Morgan fingerprint density at radius 3 is 2.50 bits per heavy atom. The van der Waals surface area contributed by atoms with Gasteiger partial charge in [-0.1, -0.05) is 28.9 Å². The third kappa shape index (κ3) is 3.48. The lowest BCUT2D eigenvalue weighted by molar-refractivity contribution is -0.123. The molecule has 1 aromatic heterocycles. The summed E-state index contributed by atoms with van der Waals surface area (Å²) in [4.78, 5) is 12.4. The van der Waals surface area contributed by atoms with Gasteiger partial charge in [0.15, 0.2) is 0 Å².